The van der Waals surface area contributed by atoms with Crippen LogP contribution in [-0.4, -0.2) is 151 Å². The van der Waals surface area contributed by atoms with Gasteiger partial charge in [-0.2, -0.15) is 0 Å². The molecule has 0 radical (unpaired) electrons. The van der Waals surface area contributed by atoms with E-state index in [-0.39, 0.29) is 51.2 Å². The summed E-state index contributed by atoms with van der Waals surface area (Å²) in [4.78, 5) is 48.3. The number of amides is 4. The van der Waals surface area contributed by atoms with Gasteiger partial charge < -0.3 is 58.7 Å². The number of unbranched alkanes of at least 4 members (excludes halogenated alkanes) is 4. The topological polar surface area (TPSA) is 226 Å². The van der Waals surface area contributed by atoms with Crippen LogP contribution in [0.2, 0.25) is 0 Å². The Hall–Kier alpha value is -1.00. The number of hydrogen-bond donors (Lipinski definition) is 10. The molecule has 0 saturated heterocycles. The molecule has 0 fully saturated rings. The first kappa shape index (κ1) is 60.3. The van der Waals surface area contributed by atoms with Crippen molar-refractivity contribution < 1.29 is 23.9 Å². The summed E-state index contributed by atoms with van der Waals surface area (Å²) in [6.07, 6.45) is 12.9. The summed E-state index contributed by atoms with van der Waals surface area (Å²) in [5.41, 5.74) is 11.1. The Balaban J connectivity index is -0.0000146. The summed E-state index contributed by atoms with van der Waals surface area (Å²) in [6.45, 7) is 10.7. The number of nitrogens with one attached hydrogen (secondary N) is 8. The lowest BCUT2D eigenvalue weighted by Crippen LogP contribution is -2.37. The maximum atomic E-state index is 12.4. The average Bonchev–Trinajstić information content (AvgIpc) is 3.18. The van der Waals surface area contributed by atoms with Crippen molar-refractivity contribution in [1.82, 2.24) is 42.5 Å². The Morgan fingerprint density at radius 2 is 0.947 bits per heavy atom. The van der Waals surface area contributed by atoms with Crippen molar-refractivity contribution in [2.45, 2.75) is 98.0 Å². The molecule has 0 aromatic carbocycles. The van der Waals surface area contributed by atoms with Crippen LogP contribution in [0.5, 0.6) is 0 Å². The lowest BCUT2D eigenvalue weighted by molar-refractivity contribution is -0.127. The van der Waals surface area contributed by atoms with Crippen molar-refractivity contribution in [1.29, 1.82) is 0 Å². The van der Waals surface area contributed by atoms with Crippen LogP contribution in [0.1, 0.15) is 91.9 Å². The molecule has 0 aliphatic heterocycles. The fourth-order valence-corrected chi connectivity index (χ4v) is 7.80. The molecular weight excluding hydrogens is 805 g/mol. The van der Waals surface area contributed by atoms with Gasteiger partial charge in [0.2, 0.25) is 23.6 Å². The minimum Gasteiger partial charge on any atom is -0.367 e. The molecule has 0 saturated carbocycles. The SMILES string of the molecule is C.C.CSSCCC(=O)NCCCCCCNC(=O)COC(CCNCCCNC(=O)CSSCC(=O)NCCCNCCCCNCCCN)CNCCCN. The van der Waals surface area contributed by atoms with Crippen LogP contribution in [0.4, 0.5) is 0 Å². The molecule has 0 aliphatic rings. The maximum absolute atomic E-state index is 12.4. The number of carbonyl (C=O) groups excluding carboxylic acids is 4. The highest BCUT2D eigenvalue weighted by Gasteiger charge is 2.12. The summed E-state index contributed by atoms with van der Waals surface area (Å²) in [6, 6.07) is 0. The summed E-state index contributed by atoms with van der Waals surface area (Å²) in [5, 5.41) is 25.3. The molecule has 340 valence electrons. The third kappa shape index (κ3) is 47.6. The second-order valence-electron chi connectivity index (χ2n) is 13.0. The third-order valence-electron chi connectivity index (χ3n) is 7.98. The Morgan fingerprint density at radius 3 is 1.49 bits per heavy atom. The molecule has 0 aromatic rings. The van der Waals surface area contributed by atoms with E-state index in [1.165, 1.54) is 21.6 Å². The molecule has 0 aliphatic carbocycles. The largest absolute Gasteiger partial charge is 0.367 e. The summed E-state index contributed by atoms with van der Waals surface area (Å²) < 4.78 is 5.95. The van der Waals surface area contributed by atoms with E-state index in [1.807, 2.05) is 6.26 Å². The van der Waals surface area contributed by atoms with E-state index in [4.69, 9.17) is 16.2 Å². The van der Waals surface area contributed by atoms with Crippen LogP contribution in [0.3, 0.4) is 0 Å². The van der Waals surface area contributed by atoms with Crippen molar-refractivity contribution in [3.05, 3.63) is 0 Å². The van der Waals surface area contributed by atoms with Crippen molar-refractivity contribution in [3.8, 4) is 0 Å². The van der Waals surface area contributed by atoms with Crippen LogP contribution in [0.25, 0.3) is 0 Å². The maximum Gasteiger partial charge on any atom is 0.246 e. The predicted octanol–water partition coefficient (Wildman–Crippen LogP) is 2.46. The zero-order chi connectivity index (χ0) is 40.3. The molecule has 19 heteroatoms. The van der Waals surface area contributed by atoms with Gasteiger partial charge in [-0.25, -0.2) is 0 Å². The number of hydrogen-bond acceptors (Lipinski definition) is 15. The van der Waals surface area contributed by atoms with Crippen molar-refractivity contribution >= 4 is 66.8 Å². The van der Waals surface area contributed by atoms with E-state index < -0.39 is 0 Å². The van der Waals surface area contributed by atoms with Crippen molar-refractivity contribution in [3.63, 3.8) is 0 Å². The van der Waals surface area contributed by atoms with Gasteiger partial charge in [0.05, 0.1) is 17.6 Å². The van der Waals surface area contributed by atoms with Gasteiger partial charge >= 0.3 is 0 Å². The molecule has 0 rings (SSSR count). The van der Waals surface area contributed by atoms with Crippen LogP contribution in [-0.2, 0) is 23.9 Å². The molecule has 0 heterocycles. The molecule has 1 unspecified atom stereocenters. The normalized spacial score (nSPS) is 11.3. The number of ether oxygens (including phenoxy) is 1. The Bertz CT molecular complexity index is 922. The molecule has 0 bridgehead atoms. The number of nitrogens with two attached hydrogens (primary N) is 2. The minimum atomic E-state index is -0.116. The van der Waals surface area contributed by atoms with Gasteiger partial charge in [0.1, 0.15) is 6.61 Å². The molecular formula is C38H84N10O5S4. The first-order valence-electron chi connectivity index (χ1n) is 20.2. The average molecular weight is 889 g/mol. The minimum absolute atomic E-state index is 0. The lowest BCUT2D eigenvalue weighted by atomic mass is 10.2. The molecule has 1 atom stereocenters. The summed E-state index contributed by atoms with van der Waals surface area (Å²) in [7, 11) is 6.16. The smallest absolute Gasteiger partial charge is 0.246 e. The van der Waals surface area contributed by atoms with Crippen molar-refractivity contribution in [2.75, 3.05) is 122 Å². The first-order valence-corrected chi connectivity index (χ1v) is 25.5. The second-order valence-corrected chi connectivity index (χ2v) is 18.1. The lowest BCUT2D eigenvalue weighted by Gasteiger charge is -2.19. The Morgan fingerprint density at radius 1 is 0.509 bits per heavy atom. The van der Waals surface area contributed by atoms with E-state index in [1.54, 1.807) is 21.6 Å². The van der Waals surface area contributed by atoms with Crippen molar-refractivity contribution in [2.24, 2.45) is 11.5 Å². The van der Waals surface area contributed by atoms with Gasteiger partial charge in [-0.1, -0.05) is 70.9 Å². The van der Waals surface area contributed by atoms with E-state index in [9.17, 15) is 19.2 Å². The Kier molecular flexibility index (Phi) is 52.2. The molecule has 12 N–H and O–H groups in total. The fraction of sp³-hybridized carbons (Fsp3) is 0.895. The highest BCUT2D eigenvalue weighted by Crippen LogP contribution is 2.20. The fourth-order valence-electron chi connectivity index (χ4n) is 4.88. The first-order chi connectivity index (χ1) is 26.9. The Labute approximate surface area is 362 Å². The van der Waals surface area contributed by atoms with Crippen LogP contribution in [0.15, 0.2) is 0 Å². The highest BCUT2D eigenvalue weighted by molar-refractivity contribution is 8.77. The van der Waals surface area contributed by atoms with E-state index in [0.29, 0.717) is 57.2 Å². The zero-order valence-electron chi connectivity index (χ0n) is 33.6. The molecule has 4 amide bonds. The quantitative estimate of drug-likeness (QED) is 0.0314. The molecule has 0 aromatic heterocycles. The van der Waals surface area contributed by atoms with Gasteiger partial charge in [-0.3, -0.25) is 19.2 Å². The highest BCUT2D eigenvalue weighted by atomic mass is 33.1. The van der Waals surface area contributed by atoms with Crippen LogP contribution >= 0.6 is 43.2 Å². The standard InChI is InChI=1S/C36H76N10O5S4.2CH4/c1-52-53-27-13-33(47)43-22-4-2-3-5-23-44-34(48)29-51-32(28-42-19-9-15-38)12-26-41-21-11-25-46-36(50)31-55-54-30-35(49)45-24-10-20-40-17-7-6-16-39-18-8-14-37;;/h32,39-42H,2-31,37-38H2,1H3,(H,43,47)(H,44,48)(H,45,49)(H,46,50);2*1H4. The van der Waals surface area contributed by atoms with E-state index in [2.05, 4.69) is 42.5 Å². The van der Waals surface area contributed by atoms with E-state index >= 15 is 0 Å². The third-order valence-corrected chi connectivity index (χ3v) is 11.9. The monoisotopic (exact) mass is 889 g/mol. The number of rotatable bonds is 43. The zero-order valence-corrected chi connectivity index (χ0v) is 36.9. The van der Waals surface area contributed by atoms with E-state index in [0.717, 1.165) is 129 Å². The van der Waals surface area contributed by atoms with Gasteiger partial charge in [0.15, 0.2) is 0 Å². The molecule has 15 nitrogen and oxygen atoms in total. The molecule has 0 spiro atoms. The summed E-state index contributed by atoms with van der Waals surface area (Å²) in [5.74, 6) is 1.41. The van der Waals surface area contributed by atoms with Gasteiger partial charge in [0, 0.05) is 44.9 Å². The number of carbonyl (C=O) groups is 4. The summed E-state index contributed by atoms with van der Waals surface area (Å²) >= 11 is 0. The molecule has 57 heavy (non-hydrogen) atoms. The van der Waals surface area contributed by atoms with Gasteiger partial charge in [0.25, 0.3) is 0 Å². The van der Waals surface area contributed by atoms with Gasteiger partial charge in [-0.05, 0) is 123 Å². The van der Waals surface area contributed by atoms with Gasteiger partial charge in [-0.15, -0.1) is 0 Å². The van der Waals surface area contributed by atoms with Crippen LogP contribution < -0.4 is 54.0 Å². The predicted molar refractivity (Wildman–Crippen MR) is 251 cm³/mol. The second kappa shape index (κ2) is 49.4. The van der Waals surface area contributed by atoms with Crippen LogP contribution in [0, 0.1) is 0 Å².